The number of hydrogen-bond donors (Lipinski definition) is 0. The van der Waals surface area contributed by atoms with E-state index in [0.717, 1.165) is 39.1 Å². The number of esters is 1. The lowest BCUT2D eigenvalue weighted by Gasteiger charge is -2.06. The molecule has 1 aromatic heterocycles. The summed E-state index contributed by atoms with van der Waals surface area (Å²) in [6.45, 7) is 0.282. The van der Waals surface area contributed by atoms with E-state index in [1.54, 1.807) is 29.2 Å². The summed E-state index contributed by atoms with van der Waals surface area (Å²) in [6, 6.07) is 13.4. The number of rotatable bonds is 6. The smallest absolute Gasteiger partial charge is 0.338 e. The Kier molecular flexibility index (Phi) is 5.31. The number of hydrogen-bond acceptors (Lipinski definition) is 7. The highest BCUT2D eigenvalue weighted by Crippen LogP contribution is 2.33. The van der Waals surface area contributed by atoms with Crippen LogP contribution in [0.15, 0.2) is 52.7 Å². The number of carbonyl (C=O) groups excluding carboxylic acids is 1. The zero-order valence-electron chi connectivity index (χ0n) is 14.6. The van der Waals surface area contributed by atoms with Gasteiger partial charge in [-0.25, -0.2) is 9.78 Å². The molecule has 5 nitrogen and oxygen atoms in total. The summed E-state index contributed by atoms with van der Waals surface area (Å²) >= 11 is 3.23. The van der Waals surface area contributed by atoms with Crippen LogP contribution in [-0.2, 0) is 16.9 Å². The number of methoxy groups -OCH3 is 1. The Balaban J connectivity index is 1.41. The van der Waals surface area contributed by atoms with Gasteiger partial charge in [0.1, 0.15) is 0 Å². The van der Waals surface area contributed by atoms with E-state index in [1.807, 2.05) is 36.4 Å². The van der Waals surface area contributed by atoms with E-state index in [4.69, 9.17) is 19.2 Å². The van der Waals surface area contributed by atoms with Gasteiger partial charge < -0.3 is 14.2 Å². The van der Waals surface area contributed by atoms with Gasteiger partial charge in [-0.1, -0.05) is 18.2 Å². The maximum atomic E-state index is 11.9. The first-order valence-corrected chi connectivity index (χ1v) is 10.2. The fraction of sp³-hybridized carbons (Fsp3) is 0.200. The van der Waals surface area contributed by atoms with Crippen LogP contribution in [0.25, 0.3) is 0 Å². The monoisotopic (exact) mass is 399 g/mol. The fourth-order valence-corrected chi connectivity index (χ4v) is 4.61. The maximum Gasteiger partial charge on any atom is 0.338 e. The van der Waals surface area contributed by atoms with Gasteiger partial charge >= 0.3 is 5.97 Å². The molecule has 1 aliphatic heterocycles. The third-order valence-electron chi connectivity index (χ3n) is 4.06. The van der Waals surface area contributed by atoms with Crippen molar-refractivity contribution in [1.29, 1.82) is 0 Å². The first-order valence-electron chi connectivity index (χ1n) is 8.35. The summed E-state index contributed by atoms with van der Waals surface area (Å²) in [5.41, 5.74) is 2.73. The molecule has 0 radical (unpaired) electrons. The van der Waals surface area contributed by atoms with Crippen LogP contribution in [-0.4, -0.2) is 24.9 Å². The standard InChI is InChI=1S/C20H17NO4S2/c1-23-20(22)15-4-2-3-5-18(15)26-10-14-11-27-19(21-14)9-13-6-7-16-17(8-13)25-12-24-16/h2-8,11H,9-10,12H2,1H3. The normalized spacial score (nSPS) is 12.2. The van der Waals surface area contributed by atoms with E-state index in [0.29, 0.717) is 11.3 Å². The van der Waals surface area contributed by atoms with Gasteiger partial charge in [-0.05, 0) is 29.8 Å². The third-order valence-corrected chi connectivity index (χ3v) is 6.06. The highest BCUT2D eigenvalue weighted by atomic mass is 32.2. The summed E-state index contributed by atoms with van der Waals surface area (Å²) in [5, 5.41) is 3.11. The molecule has 0 unspecified atom stereocenters. The number of benzene rings is 2. The molecule has 1 aliphatic rings. The Labute approximate surface area is 165 Å². The average molecular weight is 399 g/mol. The van der Waals surface area contributed by atoms with Gasteiger partial charge in [0.2, 0.25) is 6.79 Å². The first-order chi connectivity index (χ1) is 13.2. The zero-order valence-corrected chi connectivity index (χ0v) is 16.3. The number of fused-ring (bicyclic) bond motifs is 1. The molecule has 0 atom stereocenters. The van der Waals surface area contributed by atoms with Crippen molar-refractivity contribution in [1.82, 2.24) is 4.98 Å². The molecule has 0 N–H and O–H groups in total. The Hall–Kier alpha value is -2.51. The molecule has 0 saturated heterocycles. The quantitative estimate of drug-likeness (QED) is 0.448. The van der Waals surface area contributed by atoms with E-state index in [9.17, 15) is 4.79 Å². The molecule has 138 valence electrons. The van der Waals surface area contributed by atoms with Crippen molar-refractivity contribution in [2.24, 2.45) is 0 Å². The minimum atomic E-state index is -0.320. The summed E-state index contributed by atoms with van der Waals surface area (Å²) in [7, 11) is 1.40. The molecule has 0 amide bonds. The predicted molar refractivity (Wildman–Crippen MR) is 105 cm³/mol. The molecule has 0 aliphatic carbocycles. The highest BCUT2D eigenvalue weighted by Gasteiger charge is 2.15. The minimum absolute atomic E-state index is 0.282. The van der Waals surface area contributed by atoms with E-state index in [-0.39, 0.29) is 12.8 Å². The lowest BCUT2D eigenvalue weighted by atomic mass is 10.1. The number of nitrogens with zero attached hydrogens (tertiary/aromatic N) is 1. The molecule has 7 heteroatoms. The molecule has 0 saturated carbocycles. The lowest BCUT2D eigenvalue weighted by molar-refractivity contribution is 0.0597. The molecular weight excluding hydrogens is 382 g/mol. The van der Waals surface area contributed by atoms with Gasteiger partial charge in [-0.15, -0.1) is 23.1 Å². The van der Waals surface area contributed by atoms with Crippen molar-refractivity contribution >= 4 is 29.1 Å². The predicted octanol–water partition coefficient (Wildman–Crippen LogP) is 4.54. The van der Waals surface area contributed by atoms with Crippen LogP contribution in [0.3, 0.4) is 0 Å². The van der Waals surface area contributed by atoms with E-state index >= 15 is 0 Å². The minimum Gasteiger partial charge on any atom is -0.465 e. The summed E-state index contributed by atoms with van der Waals surface area (Å²) in [6.07, 6.45) is 0.755. The molecule has 0 spiro atoms. The Bertz CT molecular complexity index is 970. The summed E-state index contributed by atoms with van der Waals surface area (Å²) < 4.78 is 15.6. The zero-order chi connectivity index (χ0) is 18.6. The van der Waals surface area contributed by atoms with Gasteiger partial charge in [-0.3, -0.25) is 0 Å². The Morgan fingerprint density at radius 1 is 1.22 bits per heavy atom. The molecule has 27 heavy (non-hydrogen) atoms. The van der Waals surface area contributed by atoms with Crippen molar-refractivity contribution in [2.75, 3.05) is 13.9 Å². The maximum absolute atomic E-state index is 11.9. The Morgan fingerprint density at radius 3 is 2.96 bits per heavy atom. The molecule has 4 rings (SSSR count). The van der Waals surface area contributed by atoms with Crippen molar-refractivity contribution in [3.63, 3.8) is 0 Å². The topological polar surface area (TPSA) is 57.7 Å². The van der Waals surface area contributed by atoms with Gasteiger partial charge in [0, 0.05) is 22.4 Å². The van der Waals surface area contributed by atoms with Gasteiger partial charge in [0.25, 0.3) is 0 Å². The van der Waals surface area contributed by atoms with Crippen molar-refractivity contribution in [2.45, 2.75) is 17.1 Å². The Morgan fingerprint density at radius 2 is 2.07 bits per heavy atom. The van der Waals surface area contributed by atoms with Crippen molar-refractivity contribution in [3.8, 4) is 11.5 Å². The lowest BCUT2D eigenvalue weighted by Crippen LogP contribution is -2.02. The SMILES string of the molecule is COC(=O)c1ccccc1SCc1csc(Cc2ccc3c(c2)OCO3)n1. The first kappa shape index (κ1) is 17.9. The molecule has 0 bridgehead atoms. The summed E-state index contributed by atoms with van der Waals surface area (Å²) in [4.78, 5) is 17.5. The molecule has 2 heterocycles. The van der Waals surface area contributed by atoms with Gasteiger partial charge in [0.15, 0.2) is 11.5 Å². The number of thioether (sulfide) groups is 1. The third kappa shape index (κ3) is 4.09. The average Bonchev–Trinajstić information content (AvgIpc) is 3.35. The van der Waals surface area contributed by atoms with Crippen molar-refractivity contribution in [3.05, 3.63) is 69.7 Å². The number of aromatic nitrogens is 1. The summed E-state index contributed by atoms with van der Waals surface area (Å²) in [5.74, 6) is 1.96. The van der Waals surface area contributed by atoms with Crippen LogP contribution in [0.2, 0.25) is 0 Å². The number of ether oxygens (including phenoxy) is 3. The van der Waals surface area contributed by atoms with Crippen LogP contribution >= 0.6 is 23.1 Å². The molecule has 3 aromatic rings. The van der Waals surface area contributed by atoms with Crippen molar-refractivity contribution < 1.29 is 19.0 Å². The number of thiazole rings is 1. The second kappa shape index (κ2) is 8.02. The van der Waals surface area contributed by atoms with Crippen LogP contribution < -0.4 is 9.47 Å². The van der Waals surface area contributed by atoms with Crippen LogP contribution in [0.5, 0.6) is 11.5 Å². The van der Waals surface area contributed by atoms with Gasteiger partial charge in [0.05, 0.1) is 23.4 Å². The molecular formula is C20H17NO4S2. The van der Waals surface area contributed by atoms with Crippen LogP contribution in [0.1, 0.15) is 26.6 Å². The van der Waals surface area contributed by atoms with E-state index < -0.39 is 0 Å². The molecule has 0 fully saturated rings. The highest BCUT2D eigenvalue weighted by molar-refractivity contribution is 7.98. The van der Waals surface area contributed by atoms with Crippen LogP contribution in [0, 0.1) is 0 Å². The molecule has 2 aromatic carbocycles. The number of carbonyl (C=O) groups is 1. The second-order valence-corrected chi connectivity index (χ2v) is 7.83. The van der Waals surface area contributed by atoms with Gasteiger partial charge in [-0.2, -0.15) is 0 Å². The second-order valence-electron chi connectivity index (χ2n) is 5.87. The fourth-order valence-electron chi connectivity index (χ4n) is 2.74. The van der Waals surface area contributed by atoms with E-state index in [1.165, 1.54) is 7.11 Å². The van der Waals surface area contributed by atoms with Crippen LogP contribution in [0.4, 0.5) is 0 Å². The largest absolute Gasteiger partial charge is 0.465 e. The van der Waals surface area contributed by atoms with E-state index in [2.05, 4.69) is 5.38 Å².